The molecule has 0 aliphatic carbocycles. The highest BCUT2D eigenvalue weighted by Gasteiger charge is 2.12. The van der Waals surface area contributed by atoms with Crippen molar-refractivity contribution in [1.29, 1.82) is 0 Å². The molecule has 0 aliphatic rings. The third-order valence-corrected chi connectivity index (χ3v) is 4.10. The van der Waals surface area contributed by atoms with E-state index in [9.17, 15) is 4.39 Å². The van der Waals surface area contributed by atoms with E-state index in [0.29, 0.717) is 16.3 Å². The molecule has 0 saturated carbocycles. The predicted molar refractivity (Wildman–Crippen MR) is 94.5 cm³/mol. The molecule has 0 radical (unpaired) electrons. The molecule has 0 fully saturated rings. The molecular weight excluding hydrogens is 349 g/mol. The van der Waals surface area contributed by atoms with Gasteiger partial charge in [-0.3, -0.25) is 4.98 Å². The Balaban J connectivity index is 0.00000169. The van der Waals surface area contributed by atoms with E-state index in [1.807, 2.05) is 12.1 Å². The average Bonchev–Trinajstić information content (AvgIpc) is 3.15. The van der Waals surface area contributed by atoms with Crippen molar-refractivity contribution >= 4 is 40.9 Å². The number of hydrogen-bond donors (Lipinski definition) is 0. The van der Waals surface area contributed by atoms with Gasteiger partial charge in [-0.2, -0.15) is 9.61 Å². The first-order valence-electron chi connectivity index (χ1n) is 6.86. The first-order valence-corrected chi connectivity index (χ1v) is 7.68. The fraction of sp³-hybridized carbons (Fsp3) is 0. The van der Waals surface area contributed by atoms with Gasteiger partial charge in [0.15, 0.2) is 5.82 Å². The lowest BCUT2D eigenvalue weighted by Crippen LogP contribution is -1.91. The zero-order valence-corrected chi connectivity index (χ0v) is 13.8. The molecule has 0 spiro atoms. The quantitative estimate of drug-likeness (QED) is 0.555. The van der Waals surface area contributed by atoms with Crippen LogP contribution >= 0.6 is 23.7 Å². The molecular formula is C16H11ClFN5S. The molecule has 3 heterocycles. The Morgan fingerprint density at radius 2 is 1.92 bits per heavy atom. The molecule has 24 heavy (non-hydrogen) atoms. The van der Waals surface area contributed by atoms with Gasteiger partial charge in [-0.05, 0) is 30.4 Å². The molecule has 0 saturated heterocycles. The molecule has 3 aromatic heterocycles. The lowest BCUT2D eigenvalue weighted by molar-refractivity contribution is 0.625. The molecule has 5 nitrogen and oxygen atoms in total. The number of rotatable bonds is 3. The van der Waals surface area contributed by atoms with Gasteiger partial charge in [0, 0.05) is 23.5 Å². The highest BCUT2D eigenvalue weighted by atomic mass is 35.5. The van der Waals surface area contributed by atoms with Crippen molar-refractivity contribution in [2.45, 2.75) is 0 Å². The molecule has 0 N–H and O–H groups in total. The van der Waals surface area contributed by atoms with Crippen LogP contribution in [0.5, 0.6) is 0 Å². The minimum atomic E-state index is -0.261. The molecule has 0 unspecified atom stereocenters. The van der Waals surface area contributed by atoms with Gasteiger partial charge in [0.2, 0.25) is 4.96 Å². The summed E-state index contributed by atoms with van der Waals surface area (Å²) in [5.41, 5.74) is 1.36. The molecule has 1 aromatic carbocycles. The Kier molecular flexibility index (Phi) is 4.64. The van der Waals surface area contributed by atoms with Crippen LogP contribution in [0, 0.1) is 5.82 Å². The van der Waals surface area contributed by atoms with Crippen molar-refractivity contribution in [3.05, 3.63) is 65.2 Å². The van der Waals surface area contributed by atoms with Crippen LogP contribution in [-0.4, -0.2) is 24.8 Å². The van der Waals surface area contributed by atoms with Crippen LogP contribution in [0.25, 0.3) is 28.5 Å². The number of halogens is 2. The molecule has 8 heteroatoms. The Morgan fingerprint density at radius 3 is 2.71 bits per heavy atom. The third-order valence-electron chi connectivity index (χ3n) is 3.24. The second kappa shape index (κ2) is 6.86. The lowest BCUT2D eigenvalue weighted by Gasteiger charge is -1.95. The van der Waals surface area contributed by atoms with E-state index in [2.05, 4.69) is 20.3 Å². The van der Waals surface area contributed by atoms with Gasteiger partial charge in [-0.15, -0.1) is 22.6 Å². The topological polar surface area (TPSA) is 56.0 Å². The summed E-state index contributed by atoms with van der Waals surface area (Å²) < 4.78 is 15.3. The fourth-order valence-corrected chi connectivity index (χ4v) is 2.89. The SMILES string of the molecule is Cl.Fc1ccccc1C=Cc1nn2c(-c3cccnc3)nnc2s1. The molecule has 0 aliphatic heterocycles. The van der Waals surface area contributed by atoms with Gasteiger partial charge < -0.3 is 0 Å². The van der Waals surface area contributed by atoms with Gasteiger partial charge in [0.25, 0.3) is 0 Å². The maximum Gasteiger partial charge on any atom is 0.235 e. The van der Waals surface area contributed by atoms with Crippen LogP contribution in [0.4, 0.5) is 4.39 Å². The molecule has 4 rings (SSSR count). The third kappa shape index (κ3) is 3.04. The molecule has 120 valence electrons. The Bertz CT molecular complexity index is 996. The number of benzene rings is 1. The highest BCUT2D eigenvalue weighted by molar-refractivity contribution is 7.17. The van der Waals surface area contributed by atoms with Crippen molar-refractivity contribution < 1.29 is 4.39 Å². The van der Waals surface area contributed by atoms with Crippen molar-refractivity contribution in [2.75, 3.05) is 0 Å². The van der Waals surface area contributed by atoms with Gasteiger partial charge in [-0.25, -0.2) is 4.39 Å². The number of pyridine rings is 1. The van der Waals surface area contributed by atoms with Gasteiger partial charge in [0.05, 0.1) is 0 Å². The largest absolute Gasteiger partial charge is 0.264 e. The summed E-state index contributed by atoms with van der Waals surface area (Å²) >= 11 is 1.39. The lowest BCUT2D eigenvalue weighted by atomic mass is 10.2. The average molecular weight is 360 g/mol. The summed E-state index contributed by atoms with van der Waals surface area (Å²) in [4.78, 5) is 4.76. The Morgan fingerprint density at radius 1 is 1.04 bits per heavy atom. The van der Waals surface area contributed by atoms with Crippen LogP contribution < -0.4 is 0 Å². The first kappa shape index (κ1) is 16.2. The number of hydrogen-bond acceptors (Lipinski definition) is 5. The van der Waals surface area contributed by atoms with Crippen molar-refractivity contribution in [2.24, 2.45) is 0 Å². The van der Waals surface area contributed by atoms with Crippen LogP contribution in [-0.2, 0) is 0 Å². The maximum absolute atomic E-state index is 13.6. The van der Waals surface area contributed by atoms with E-state index in [1.165, 1.54) is 17.4 Å². The smallest absolute Gasteiger partial charge is 0.235 e. The van der Waals surface area contributed by atoms with Crippen LogP contribution in [0.3, 0.4) is 0 Å². The van der Waals surface area contributed by atoms with E-state index in [0.717, 1.165) is 10.6 Å². The van der Waals surface area contributed by atoms with Gasteiger partial charge in [0.1, 0.15) is 10.8 Å². The normalized spacial score (nSPS) is 11.0. The van der Waals surface area contributed by atoms with Gasteiger partial charge in [-0.1, -0.05) is 29.5 Å². The van der Waals surface area contributed by atoms with E-state index < -0.39 is 0 Å². The molecule has 0 bridgehead atoms. The standard InChI is InChI=1S/C16H10FN5S.ClH/c17-13-6-2-1-4-11(13)7-8-14-21-22-15(19-20-16(22)23-14)12-5-3-9-18-10-12;/h1-10H;1H. The summed E-state index contributed by atoms with van der Waals surface area (Å²) in [7, 11) is 0. The summed E-state index contributed by atoms with van der Waals surface area (Å²) in [6.07, 6.45) is 6.88. The number of fused-ring (bicyclic) bond motifs is 1. The van der Waals surface area contributed by atoms with E-state index >= 15 is 0 Å². The van der Waals surface area contributed by atoms with Crippen LogP contribution in [0.1, 0.15) is 10.6 Å². The zero-order chi connectivity index (χ0) is 15.6. The molecule has 4 aromatic rings. The van der Waals surface area contributed by atoms with Gasteiger partial charge >= 0.3 is 0 Å². The van der Waals surface area contributed by atoms with Crippen molar-refractivity contribution in [3.8, 4) is 11.4 Å². The number of nitrogens with zero attached hydrogens (tertiary/aromatic N) is 5. The second-order valence-electron chi connectivity index (χ2n) is 4.75. The minimum absolute atomic E-state index is 0. The Labute approximate surface area is 146 Å². The maximum atomic E-state index is 13.6. The summed E-state index contributed by atoms with van der Waals surface area (Å²) in [5, 5.41) is 13.4. The monoisotopic (exact) mass is 359 g/mol. The highest BCUT2D eigenvalue weighted by Crippen LogP contribution is 2.22. The summed E-state index contributed by atoms with van der Waals surface area (Å²) in [5.74, 6) is 0.373. The van der Waals surface area contributed by atoms with E-state index in [-0.39, 0.29) is 18.2 Å². The molecule has 0 atom stereocenters. The van der Waals surface area contributed by atoms with E-state index in [4.69, 9.17) is 0 Å². The summed E-state index contributed by atoms with van der Waals surface area (Å²) in [6, 6.07) is 10.3. The predicted octanol–water partition coefficient (Wildman–Crippen LogP) is 3.98. The Hall–Kier alpha value is -2.64. The van der Waals surface area contributed by atoms with Crippen LogP contribution in [0.2, 0.25) is 0 Å². The summed E-state index contributed by atoms with van der Waals surface area (Å²) in [6.45, 7) is 0. The zero-order valence-electron chi connectivity index (χ0n) is 12.2. The van der Waals surface area contributed by atoms with E-state index in [1.54, 1.807) is 47.3 Å². The van der Waals surface area contributed by atoms with Crippen LogP contribution in [0.15, 0.2) is 48.8 Å². The molecule has 0 amide bonds. The number of aromatic nitrogens is 5. The second-order valence-corrected chi connectivity index (χ2v) is 5.74. The van der Waals surface area contributed by atoms with Crippen molar-refractivity contribution in [3.63, 3.8) is 0 Å². The first-order chi connectivity index (χ1) is 11.3. The van der Waals surface area contributed by atoms with Crippen molar-refractivity contribution in [1.82, 2.24) is 24.8 Å². The minimum Gasteiger partial charge on any atom is -0.264 e. The fourth-order valence-electron chi connectivity index (χ4n) is 2.15.